The number of guanidine groups is 2. The van der Waals surface area contributed by atoms with Gasteiger partial charge in [-0.05, 0) is 0 Å². The molecule has 130 valence electrons. The summed E-state index contributed by atoms with van der Waals surface area (Å²) < 4.78 is 0. The molecule has 0 aromatic rings. The van der Waals surface area contributed by atoms with Crippen molar-refractivity contribution in [2.75, 3.05) is 13.1 Å². The van der Waals surface area contributed by atoms with Gasteiger partial charge in [0.15, 0.2) is 12.0 Å². The summed E-state index contributed by atoms with van der Waals surface area (Å²) in [6.07, 6.45) is 0.406. The second-order valence-corrected chi connectivity index (χ2v) is 6.60. The van der Waals surface area contributed by atoms with Crippen LogP contribution >= 0.6 is 0 Å². The molecule has 0 aromatic carbocycles. The number of hydrogen-bond donors (Lipinski definition) is 6. The SMILES string of the molecule is NC1=N[C@@H](CN2C(=O)CCC2=O)[C@@H]2[NH+]=C(N)N[C@]23N1CCC3(O)O. The van der Waals surface area contributed by atoms with Crippen LogP contribution in [0.4, 0.5) is 0 Å². The van der Waals surface area contributed by atoms with Gasteiger partial charge in [-0.2, -0.15) is 0 Å². The number of aliphatic imine (C=N–C) groups is 1. The third kappa shape index (κ3) is 1.73. The maximum absolute atomic E-state index is 11.9. The molecule has 1 spiro atoms. The molecule has 24 heavy (non-hydrogen) atoms. The standard InChI is InChI=1S/C13H19N7O4/c14-10-17-9-6(5-19-7(21)1-2-8(19)22)16-11(15)20-4-3-12(23,24)13(9,20)18-10/h6,9,23-24H,1-5H2,(H2,15,16)(H3,14,17,18)/p+1/t6-,9-,13-/m0/s1. The minimum absolute atomic E-state index is 0.0106. The van der Waals surface area contributed by atoms with E-state index in [1.54, 1.807) is 4.90 Å². The number of nitrogens with two attached hydrogens (primary N) is 2. The summed E-state index contributed by atoms with van der Waals surface area (Å²) in [5.41, 5.74) is 10.5. The van der Waals surface area contributed by atoms with Gasteiger partial charge in [0.1, 0.15) is 6.04 Å². The van der Waals surface area contributed by atoms with Crippen molar-refractivity contribution in [2.45, 2.75) is 42.8 Å². The van der Waals surface area contributed by atoms with Crippen LogP contribution in [0, 0.1) is 0 Å². The number of nitrogens with one attached hydrogen (secondary N) is 2. The first-order chi connectivity index (χ1) is 11.3. The summed E-state index contributed by atoms with van der Waals surface area (Å²) >= 11 is 0. The predicted molar refractivity (Wildman–Crippen MR) is 79.7 cm³/mol. The summed E-state index contributed by atoms with van der Waals surface area (Å²) in [5, 5.41) is 24.0. The summed E-state index contributed by atoms with van der Waals surface area (Å²) in [5.74, 6) is -2.36. The topological polar surface area (TPSA) is 171 Å². The zero-order valence-corrected chi connectivity index (χ0v) is 12.9. The minimum Gasteiger partial charge on any atom is -0.370 e. The van der Waals surface area contributed by atoms with Crippen molar-refractivity contribution in [2.24, 2.45) is 16.5 Å². The lowest BCUT2D eigenvalue weighted by Crippen LogP contribution is -2.90. The predicted octanol–water partition coefficient (Wildman–Crippen LogP) is -5.72. The van der Waals surface area contributed by atoms with Gasteiger partial charge in [0, 0.05) is 25.8 Å². The highest BCUT2D eigenvalue weighted by atomic mass is 16.5. The third-order valence-electron chi connectivity index (χ3n) is 5.29. The van der Waals surface area contributed by atoms with Gasteiger partial charge >= 0.3 is 5.96 Å². The van der Waals surface area contributed by atoms with E-state index in [9.17, 15) is 19.8 Å². The molecule has 0 unspecified atom stereocenters. The van der Waals surface area contributed by atoms with Crippen LogP contribution in [0.5, 0.6) is 0 Å². The monoisotopic (exact) mass is 338 g/mol. The van der Waals surface area contributed by atoms with Gasteiger partial charge in [-0.3, -0.25) is 25.2 Å². The number of nitrogens with zero attached hydrogens (tertiary/aromatic N) is 3. The molecule has 4 aliphatic rings. The lowest BCUT2D eigenvalue weighted by atomic mass is 9.86. The number of amides is 2. The first kappa shape index (κ1) is 15.1. The molecular formula is C13H20N7O4+. The molecule has 8 N–H and O–H groups in total. The van der Waals surface area contributed by atoms with Crippen molar-refractivity contribution < 1.29 is 24.8 Å². The smallest absolute Gasteiger partial charge is 0.343 e. The molecule has 4 rings (SSSR count). The number of likely N-dealkylation sites (tertiary alicyclic amines) is 1. The molecule has 2 amide bonds. The normalized spacial score (nSPS) is 37.1. The van der Waals surface area contributed by atoms with Crippen molar-refractivity contribution in [3.8, 4) is 0 Å². The number of aliphatic hydroxyl groups is 2. The molecule has 0 saturated carbocycles. The van der Waals surface area contributed by atoms with Gasteiger partial charge in [-0.1, -0.05) is 0 Å². The fourth-order valence-corrected chi connectivity index (χ4v) is 4.17. The van der Waals surface area contributed by atoms with Crippen molar-refractivity contribution in [1.82, 2.24) is 15.1 Å². The largest absolute Gasteiger partial charge is 0.370 e. The average molecular weight is 338 g/mol. The number of carbonyl (C=O) groups excluding carboxylic acids is 2. The third-order valence-corrected chi connectivity index (χ3v) is 5.29. The Bertz CT molecular complexity index is 674. The van der Waals surface area contributed by atoms with Crippen LogP contribution in [0.1, 0.15) is 19.3 Å². The first-order valence-corrected chi connectivity index (χ1v) is 7.82. The molecule has 2 fully saturated rings. The molecule has 3 atom stereocenters. The Labute approximate surface area is 137 Å². The zero-order chi connectivity index (χ0) is 17.3. The van der Waals surface area contributed by atoms with Crippen LogP contribution in [0.25, 0.3) is 0 Å². The lowest BCUT2D eigenvalue weighted by Gasteiger charge is -2.46. The molecule has 11 nitrogen and oxygen atoms in total. The van der Waals surface area contributed by atoms with E-state index in [-0.39, 0.29) is 56.1 Å². The van der Waals surface area contributed by atoms with Crippen LogP contribution in [0.2, 0.25) is 0 Å². The van der Waals surface area contributed by atoms with E-state index in [4.69, 9.17) is 11.5 Å². The maximum Gasteiger partial charge on any atom is 0.343 e. The van der Waals surface area contributed by atoms with Crippen molar-refractivity contribution >= 4 is 23.7 Å². The second kappa shape index (κ2) is 4.57. The van der Waals surface area contributed by atoms with E-state index < -0.39 is 23.5 Å². The Morgan fingerprint density at radius 3 is 2.62 bits per heavy atom. The fourth-order valence-electron chi connectivity index (χ4n) is 4.17. The lowest BCUT2D eigenvalue weighted by molar-refractivity contribution is -0.521. The van der Waals surface area contributed by atoms with E-state index in [2.05, 4.69) is 15.3 Å². The summed E-state index contributed by atoms with van der Waals surface area (Å²) in [6, 6.07) is -1.32. The van der Waals surface area contributed by atoms with E-state index in [1.807, 2.05) is 0 Å². The van der Waals surface area contributed by atoms with Crippen LogP contribution in [-0.4, -0.2) is 80.4 Å². The highest BCUT2D eigenvalue weighted by Crippen LogP contribution is 2.40. The Hall–Kier alpha value is -2.40. The van der Waals surface area contributed by atoms with Gasteiger partial charge in [0.05, 0.1) is 6.54 Å². The Kier molecular flexibility index (Phi) is 2.89. The van der Waals surface area contributed by atoms with Gasteiger partial charge in [-0.15, -0.1) is 0 Å². The Morgan fingerprint density at radius 2 is 1.96 bits per heavy atom. The quantitative estimate of drug-likeness (QED) is 0.213. The van der Waals surface area contributed by atoms with Crippen molar-refractivity contribution in [3.05, 3.63) is 0 Å². The molecule has 0 bridgehead atoms. The minimum atomic E-state index is -2.11. The summed E-state index contributed by atoms with van der Waals surface area (Å²) in [4.78, 5) is 33.8. The van der Waals surface area contributed by atoms with E-state index in [0.29, 0.717) is 0 Å². The van der Waals surface area contributed by atoms with Crippen molar-refractivity contribution in [1.29, 1.82) is 0 Å². The molecule has 0 radical (unpaired) electrons. The summed E-state index contributed by atoms with van der Waals surface area (Å²) in [7, 11) is 0. The van der Waals surface area contributed by atoms with Gasteiger partial charge in [-0.25, -0.2) is 10.3 Å². The average Bonchev–Trinajstić information content (AvgIpc) is 3.10. The van der Waals surface area contributed by atoms with E-state index >= 15 is 0 Å². The first-order valence-electron chi connectivity index (χ1n) is 7.82. The molecule has 0 aliphatic carbocycles. The second-order valence-electron chi connectivity index (χ2n) is 6.60. The zero-order valence-electron chi connectivity index (χ0n) is 12.9. The fraction of sp³-hybridized carbons (Fsp3) is 0.692. The number of hydrogen-bond acceptors (Lipinski definition) is 9. The molecule has 4 heterocycles. The maximum atomic E-state index is 11.9. The van der Waals surface area contributed by atoms with Gasteiger partial charge in [0.25, 0.3) is 5.66 Å². The molecule has 0 aromatic heterocycles. The number of carbonyl (C=O) groups is 2. The van der Waals surface area contributed by atoms with Crippen LogP contribution in [0.15, 0.2) is 4.99 Å². The van der Waals surface area contributed by atoms with Crippen LogP contribution in [0.3, 0.4) is 0 Å². The van der Waals surface area contributed by atoms with Gasteiger partial charge in [0.2, 0.25) is 17.6 Å². The van der Waals surface area contributed by atoms with Gasteiger partial charge < -0.3 is 20.8 Å². The molecule has 11 heteroatoms. The van der Waals surface area contributed by atoms with E-state index in [0.717, 1.165) is 4.90 Å². The molecule has 4 aliphatic heterocycles. The highest BCUT2D eigenvalue weighted by Gasteiger charge is 2.72. The highest BCUT2D eigenvalue weighted by molar-refractivity contribution is 6.02. The molecule has 2 saturated heterocycles. The van der Waals surface area contributed by atoms with Crippen LogP contribution < -0.4 is 21.8 Å². The van der Waals surface area contributed by atoms with Crippen LogP contribution in [-0.2, 0) is 9.59 Å². The summed E-state index contributed by atoms with van der Waals surface area (Å²) in [6.45, 7) is 0.297. The molecular weight excluding hydrogens is 318 g/mol. The van der Waals surface area contributed by atoms with E-state index in [1.165, 1.54) is 0 Å². The number of rotatable bonds is 2. The Morgan fingerprint density at radius 1 is 1.29 bits per heavy atom. The number of imide groups is 1. The Balaban J connectivity index is 1.73. The van der Waals surface area contributed by atoms with Crippen molar-refractivity contribution in [3.63, 3.8) is 0 Å².